The molecule has 28 heavy (non-hydrogen) atoms. The molecule has 7 nitrogen and oxygen atoms in total. The molecule has 0 bridgehead atoms. The highest BCUT2D eigenvalue weighted by Gasteiger charge is 2.11. The largest absolute Gasteiger partial charge is 0.493 e. The third-order valence-corrected chi connectivity index (χ3v) is 4.11. The summed E-state index contributed by atoms with van der Waals surface area (Å²) in [6, 6.07) is 18.6. The quantitative estimate of drug-likeness (QED) is 0.625. The van der Waals surface area contributed by atoms with Gasteiger partial charge >= 0.3 is 0 Å². The molecule has 0 saturated carbocycles. The van der Waals surface area contributed by atoms with E-state index in [4.69, 9.17) is 9.47 Å². The number of carbonyl (C=O) groups is 1. The summed E-state index contributed by atoms with van der Waals surface area (Å²) in [5, 5.41) is 14.1. The lowest BCUT2D eigenvalue weighted by Gasteiger charge is -2.10. The van der Waals surface area contributed by atoms with Crippen molar-refractivity contribution in [1.82, 2.24) is 10.2 Å². The van der Waals surface area contributed by atoms with Crippen LogP contribution in [0.1, 0.15) is 15.9 Å². The summed E-state index contributed by atoms with van der Waals surface area (Å²) in [6.45, 7) is 0.746. The number of amides is 1. The van der Waals surface area contributed by atoms with Gasteiger partial charge in [0.05, 0.1) is 14.2 Å². The molecule has 1 heterocycles. The van der Waals surface area contributed by atoms with Gasteiger partial charge in [-0.05, 0) is 42.3 Å². The van der Waals surface area contributed by atoms with Crippen molar-refractivity contribution in [3.63, 3.8) is 0 Å². The molecule has 0 atom stereocenters. The van der Waals surface area contributed by atoms with E-state index in [-0.39, 0.29) is 5.91 Å². The number of hydrogen-bond acceptors (Lipinski definition) is 6. The number of hydrogen-bond donors (Lipinski definition) is 2. The zero-order valence-electron chi connectivity index (χ0n) is 15.8. The first-order valence-electron chi connectivity index (χ1n) is 8.84. The van der Waals surface area contributed by atoms with Crippen molar-refractivity contribution in [2.75, 3.05) is 31.4 Å². The van der Waals surface area contributed by atoms with Gasteiger partial charge in [-0.2, -0.15) is 0 Å². The van der Waals surface area contributed by atoms with Gasteiger partial charge in [0.15, 0.2) is 17.3 Å². The number of benzene rings is 2. The predicted molar refractivity (Wildman–Crippen MR) is 108 cm³/mol. The van der Waals surface area contributed by atoms with Crippen LogP contribution in [0.3, 0.4) is 0 Å². The van der Waals surface area contributed by atoms with Crippen molar-refractivity contribution >= 4 is 17.5 Å². The minimum Gasteiger partial charge on any atom is -0.493 e. The molecule has 0 fully saturated rings. The van der Waals surface area contributed by atoms with Gasteiger partial charge < -0.3 is 20.1 Å². The van der Waals surface area contributed by atoms with E-state index in [1.54, 1.807) is 37.4 Å². The molecule has 0 aliphatic rings. The lowest BCUT2D eigenvalue weighted by Crippen LogP contribution is -2.14. The van der Waals surface area contributed by atoms with Crippen LogP contribution in [0, 0.1) is 0 Å². The van der Waals surface area contributed by atoms with Crippen molar-refractivity contribution in [2.24, 2.45) is 0 Å². The van der Waals surface area contributed by atoms with Crippen molar-refractivity contribution < 1.29 is 14.3 Å². The van der Waals surface area contributed by atoms with Crippen LogP contribution in [0.2, 0.25) is 0 Å². The molecule has 2 aromatic carbocycles. The van der Waals surface area contributed by atoms with E-state index in [0.29, 0.717) is 28.7 Å². The summed E-state index contributed by atoms with van der Waals surface area (Å²) >= 11 is 0. The summed E-state index contributed by atoms with van der Waals surface area (Å²) < 4.78 is 10.4. The molecule has 7 heteroatoms. The van der Waals surface area contributed by atoms with Crippen LogP contribution in [0.4, 0.5) is 11.6 Å². The normalized spacial score (nSPS) is 10.2. The average molecular weight is 378 g/mol. The van der Waals surface area contributed by atoms with Crippen LogP contribution in [0.5, 0.6) is 11.5 Å². The van der Waals surface area contributed by atoms with E-state index in [0.717, 1.165) is 13.0 Å². The molecular weight excluding hydrogens is 356 g/mol. The maximum atomic E-state index is 12.4. The second-order valence-corrected chi connectivity index (χ2v) is 5.99. The van der Waals surface area contributed by atoms with Crippen molar-refractivity contribution in [1.29, 1.82) is 0 Å². The SMILES string of the molecule is COc1ccc(C(=O)Nc2ccc(NCCc3ccccc3)nn2)cc1OC. The van der Waals surface area contributed by atoms with Crippen LogP contribution >= 0.6 is 0 Å². The highest BCUT2D eigenvalue weighted by Crippen LogP contribution is 2.27. The molecule has 1 amide bonds. The molecule has 0 radical (unpaired) electrons. The molecule has 0 spiro atoms. The Morgan fingerprint density at radius 3 is 2.29 bits per heavy atom. The van der Waals surface area contributed by atoms with E-state index in [2.05, 4.69) is 33.0 Å². The number of rotatable bonds is 8. The van der Waals surface area contributed by atoms with E-state index in [1.807, 2.05) is 18.2 Å². The Balaban J connectivity index is 1.55. The molecule has 144 valence electrons. The van der Waals surface area contributed by atoms with Crippen molar-refractivity contribution in [3.8, 4) is 11.5 Å². The second kappa shape index (κ2) is 9.36. The minimum absolute atomic E-state index is 0.306. The number of anilines is 2. The Morgan fingerprint density at radius 2 is 1.61 bits per heavy atom. The number of nitrogens with zero attached hydrogens (tertiary/aromatic N) is 2. The molecule has 0 aliphatic carbocycles. The monoisotopic (exact) mass is 378 g/mol. The van der Waals surface area contributed by atoms with Crippen LogP contribution in [0.15, 0.2) is 60.7 Å². The fourth-order valence-electron chi connectivity index (χ4n) is 2.64. The molecular formula is C21H22N4O3. The van der Waals surface area contributed by atoms with E-state index < -0.39 is 0 Å². The fourth-order valence-corrected chi connectivity index (χ4v) is 2.64. The lowest BCUT2D eigenvalue weighted by atomic mass is 10.1. The molecule has 2 N–H and O–H groups in total. The Labute approximate surface area is 163 Å². The Hall–Kier alpha value is -3.61. The van der Waals surface area contributed by atoms with Crippen LogP contribution in [0.25, 0.3) is 0 Å². The number of carbonyl (C=O) groups excluding carboxylic acids is 1. The zero-order chi connectivity index (χ0) is 19.8. The predicted octanol–water partition coefficient (Wildman–Crippen LogP) is 3.40. The summed E-state index contributed by atoms with van der Waals surface area (Å²) in [5.41, 5.74) is 1.69. The lowest BCUT2D eigenvalue weighted by molar-refractivity contribution is 0.102. The first-order chi connectivity index (χ1) is 13.7. The maximum Gasteiger partial charge on any atom is 0.257 e. The van der Waals surface area contributed by atoms with Crippen molar-refractivity contribution in [2.45, 2.75) is 6.42 Å². The first-order valence-corrected chi connectivity index (χ1v) is 8.84. The highest BCUT2D eigenvalue weighted by molar-refractivity contribution is 6.04. The van der Waals surface area contributed by atoms with Gasteiger partial charge in [-0.25, -0.2) is 0 Å². The molecule has 3 aromatic rings. The molecule has 0 unspecified atom stereocenters. The smallest absolute Gasteiger partial charge is 0.257 e. The van der Waals surface area contributed by atoms with Crippen LogP contribution < -0.4 is 20.1 Å². The Bertz CT molecular complexity index is 915. The number of nitrogens with one attached hydrogen (secondary N) is 2. The van der Waals surface area contributed by atoms with E-state index in [1.165, 1.54) is 12.7 Å². The average Bonchev–Trinajstić information content (AvgIpc) is 2.75. The molecule has 0 saturated heterocycles. The summed E-state index contributed by atoms with van der Waals surface area (Å²) in [6.07, 6.45) is 0.889. The number of ether oxygens (including phenoxy) is 2. The summed E-state index contributed by atoms with van der Waals surface area (Å²) in [4.78, 5) is 12.4. The zero-order valence-corrected chi connectivity index (χ0v) is 15.8. The molecule has 0 aliphatic heterocycles. The molecule has 3 rings (SSSR count). The van der Waals surface area contributed by atoms with E-state index in [9.17, 15) is 4.79 Å². The Morgan fingerprint density at radius 1 is 0.893 bits per heavy atom. The minimum atomic E-state index is -0.306. The third-order valence-electron chi connectivity index (χ3n) is 4.11. The van der Waals surface area contributed by atoms with Gasteiger partial charge in [-0.3, -0.25) is 4.79 Å². The topological polar surface area (TPSA) is 85.4 Å². The third kappa shape index (κ3) is 4.97. The summed E-state index contributed by atoms with van der Waals surface area (Å²) in [5.74, 6) is 1.76. The van der Waals surface area contributed by atoms with Gasteiger partial charge in [0.2, 0.25) is 0 Å². The number of methoxy groups -OCH3 is 2. The highest BCUT2D eigenvalue weighted by atomic mass is 16.5. The van der Waals surface area contributed by atoms with Gasteiger partial charge in [0.25, 0.3) is 5.91 Å². The number of aromatic nitrogens is 2. The van der Waals surface area contributed by atoms with Crippen LogP contribution in [-0.4, -0.2) is 36.9 Å². The molecule has 1 aromatic heterocycles. The van der Waals surface area contributed by atoms with Gasteiger partial charge in [-0.15, -0.1) is 10.2 Å². The standard InChI is InChI=1S/C21H22N4O3/c1-27-17-9-8-16(14-18(17)28-2)21(26)23-20-11-10-19(24-25-20)22-13-12-15-6-4-3-5-7-15/h3-11,14H,12-13H2,1-2H3,(H,22,24)(H,23,25,26). The van der Waals surface area contributed by atoms with E-state index >= 15 is 0 Å². The van der Waals surface area contributed by atoms with Gasteiger partial charge in [0.1, 0.15) is 5.82 Å². The van der Waals surface area contributed by atoms with Gasteiger partial charge in [0, 0.05) is 12.1 Å². The first kappa shape index (κ1) is 19.2. The van der Waals surface area contributed by atoms with Gasteiger partial charge in [-0.1, -0.05) is 30.3 Å². The second-order valence-electron chi connectivity index (χ2n) is 5.99. The van der Waals surface area contributed by atoms with Crippen molar-refractivity contribution in [3.05, 3.63) is 71.8 Å². The Kier molecular flexibility index (Phi) is 6.41. The fraction of sp³-hybridized carbons (Fsp3) is 0.190. The maximum absolute atomic E-state index is 12.4. The van der Waals surface area contributed by atoms with Crippen LogP contribution in [-0.2, 0) is 6.42 Å². The summed E-state index contributed by atoms with van der Waals surface area (Å²) in [7, 11) is 3.07.